The van der Waals surface area contributed by atoms with Gasteiger partial charge in [-0.1, -0.05) is 5.16 Å². The summed E-state index contributed by atoms with van der Waals surface area (Å²) < 4.78 is 10.5. The van der Waals surface area contributed by atoms with Crippen LogP contribution in [0.1, 0.15) is 40.2 Å². The van der Waals surface area contributed by atoms with Crippen molar-refractivity contribution >= 4 is 11.7 Å². The predicted octanol–water partition coefficient (Wildman–Crippen LogP) is 2.25. The van der Waals surface area contributed by atoms with Crippen molar-refractivity contribution in [1.29, 1.82) is 0 Å². The summed E-state index contributed by atoms with van der Waals surface area (Å²) in [5.41, 5.74) is 2.61. The number of hydrogen-bond acceptors (Lipinski definition) is 6. The monoisotopic (exact) mass is 344 g/mol. The SMILES string of the molecule is Cc1noc(C)c1CCCNC(=O)c1ccc(NC2CCOC2)nc1. The van der Waals surface area contributed by atoms with Gasteiger partial charge in [0.25, 0.3) is 5.91 Å². The lowest BCUT2D eigenvalue weighted by molar-refractivity contribution is 0.0953. The summed E-state index contributed by atoms with van der Waals surface area (Å²) in [6, 6.07) is 3.92. The highest BCUT2D eigenvalue weighted by molar-refractivity contribution is 5.94. The number of hydrogen-bond donors (Lipinski definition) is 2. The number of carbonyl (C=O) groups is 1. The lowest BCUT2D eigenvalue weighted by Gasteiger charge is -2.11. The average molecular weight is 344 g/mol. The molecule has 1 unspecified atom stereocenters. The number of pyridine rings is 1. The smallest absolute Gasteiger partial charge is 0.252 e. The molecule has 1 aliphatic rings. The minimum absolute atomic E-state index is 0.109. The first kappa shape index (κ1) is 17.4. The maximum Gasteiger partial charge on any atom is 0.252 e. The normalized spacial score (nSPS) is 16.8. The largest absolute Gasteiger partial charge is 0.379 e. The fraction of sp³-hybridized carbons (Fsp3) is 0.500. The summed E-state index contributed by atoms with van der Waals surface area (Å²) in [5.74, 6) is 1.51. The molecule has 7 nitrogen and oxygen atoms in total. The zero-order valence-electron chi connectivity index (χ0n) is 14.7. The van der Waals surface area contributed by atoms with Gasteiger partial charge in [-0.3, -0.25) is 4.79 Å². The Morgan fingerprint density at radius 2 is 2.24 bits per heavy atom. The van der Waals surface area contributed by atoms with Crippen LogP contribution in [0.25, 0.3) is 0 Å². The molecule has 1 atom stereocenters. The maximum absolute atomic E-state index is 12.2. The zero-order chi connectivity index (χ0) is 17.6. The molecule has 3 heterocycles. The number of ether oxygens (including phenoxy) is 1. The van der Waals surface area contributed by atoms with Crippen molar-refractivity contribution in [2.24, 2.45) is 0 Å². The van der Waals surface area contributed by atoms with Gasteiger partial charge >= 0.3 is 0 Å². The fourth-order valence-electron chi connectivity index (χ4n) is 2.90. The lowest BCUT2D eigenvalue weighted by atomic mass is 10.1. The van der Waals surface area contributed by atoms with E-state index >= 15 is 0 Å². The Bertz CT molecular complexity index is 686. The van der Waals surface area contributed by atoms with E-state index in [4.69, 9.17) is 9.26 Å². The Hall–Kier alpha value is -2.41. The second kappa shape index (κ2) is 8.11. The molecule has 0 aliphatic carbocycles. The molecule has 0 spiro atoms. The molecule has 1 saturated heterocycles. The summed E-state index contributed by atoms with van der Waals surface area (Å²) in [4.78, 5) is 16.5. The molecule has 1 aliphatic heterocycles. The van der Waals surface area contributed by atoms with Crippen LogP contribution >= 0.6 is 0 Å². The Morgan fingerprint density at radius 3 is 2.88 bits per heavy atom. The van der Waals surface area contributed by atoms with E-state index in [1.165, 1.54) is 0 Å². The molecular formula is C18H24N4O3. The van der Waals surface area contributed by atoms with Gasteiger partial charge in [-0.15, -0.1) is 0 Å². The van der Waals surface area contributed by atoms with Gasteiger partial charge in [0.05, 0.1) is 23.9 Å². The number of nitrogens with zero attached hydrogens (tertiary/aromatic N) is 2. The molecule has 0 bridgehead atoms. The van der Waals surface area contributed by atoms with E-state index < -0.39 is 0 Å². The molecule has 2 aromatic rings. The molecule has 2 aromatic heterocycles. The molecule has 3 rings (SSSR count). The van der Waals surface area contributed by atoms with E-state index in [0.29, 0.717) is 24.8 Å². The Labute approximate surface area is 147 Å². The van der Waals surface area contributed by atoms with Crippen molar-refractivity contribution in [3.8, 4) is 0 Å². The number of aryl methyl sites for hydroxylation is 2. The summed E-state index contributed by atoms with van der Waals surface area (Å²) in [6.45, 7) is 5.93. The molecule has 134 valence electrons. The molecule has 0 saturated carbocycles. The van der Waals surface area contributed by atoms with Crippen LogP contribution in [0.5, 0.6) is 0 Å². The highest BCUT2D eigenvalue weighted by atomic mass is 16.5. The maximum atomic E-state index is 12.2. The first-order chi connectivity index (χ1) is 12.1. The third kappa shape index (κ3) is 4.57. The Kier molecular flexibility index (Phi) is 5.65. The lowest BCUT2D eigenvalue weighted by Crippen LogP contribution is -2.25. The average Bonchev–Trinajstić information content (AvgIpc) is 3.23. The second-order valence-electron chi connectivity index (χ2n) is 6.30. The molecule has 2 N–H and O–H groups in total. The van der Waals surface area contributed by atoms with Crippen molar-refractivity contribution in [1.82, 2.24) is 15.5 Å². The van der Waals surface area contributed by atoms with Gasteiger partial charge in [0, 0.05) is 24.9 Å². The van der Waals surface area contributed by atoms with Gasteiger partial charge < -0.3 is 19.9 Å². The van der Waals surface area contributed by atoms with Crippen molar-refractivity contribution in [2.75, 3.05) is 25.1 Å². The third-order valence-electron chi connectivity index (χ3n) is 4.38. The minimum Gasteiger partial charge on any atom is -0.379 e. The molecule has 0 radical (unpaired) electrons. The first-order valence-electron chi connectivity index (χ1n) is 8.64. The number of carbonyl (C=O) groups excluding carboxylic acids is 1. The predicted molar refractivity (Wildman–Crippen MR) is 93.7 cm³/mol. The topological polar surface area (TPSA) is 89.3 Å². The Morgan fingerprint density at radius 1 is 1.36 bits per heavy atom. The van der Waals surface area contributed by atoms with E-state index in [1.807, 2.05) is 19.9 Å². The van der Waals surface area contributed by atoms with Crippen LogP contribution in [0.15, 0.2) is 22.9 Å². The zero-order valence-corrected chi connectivity index (χ0v) is 14.7. The van der Waals surface area contributed by atoms with Gasteiger partial charge in [-0.2, -0.15) is 0 Å². The summed E-state index contributed by atoms with van der Waals surface area (Å²) in [7, 11) is 0. The van der Waals surface area contributed by atoms with Crippen LogP contribution in [0.2, 0.25) is 0 Å². The molecule has 1 fully saturated rings. The van der Waals surface area contributed by atoms with Crippen molar-refractivity contribution in [3.05, 3.63) is 40.9 Å². The Balaban J connectivity index is 1.43. The van der Waals surface area contributed by atoms with Gasteiger partial charge in [0.15, 0.2) is 0 Å². The van der Waals surface area contributed by atoms with Crippen LogP contribution in [0, 0.1) is 13.8 Å². The number of rotatable bonds is 7. The molecule has 25 heavy (non-hydrogen) atoms. The highest BCUT2D eigenvalue weighted by Gasteiger charge is 2.15. The van der Waals surface area contributed by atoms with E-state index in [2.05, 4.69) is 20.8 Å². The van der Waals surface area contributed by atoms with E-state index in [-0.39, 0.29) is 5.91 Å². The quantitative estimate of drug-likeness (QED) is 0.749. The van der Waals surface area contributed by atoms with Crippen LogP contribution in [0.4, 0.5) is 5.82 Å². The first-order valence-corrected chi connectivity index (χ1v) is 8.64. The number of amides is 1. The molecule has 0 aromatic carbocycles. The van der Waals surface area contributed by atoms with Crippen LogP contribution in [-0.2, 0) is 11.2 Å². The molecule has 7 heteroatoms. The van der Waals surface area contributed by atoms with Crippen LogP contribution < -0.4 is 10.6 Å². The second-order valence-corrected chi connectivity index (χ2v) is 6.30. The summed E-state index contributed by atoms with van der Waals surface area (Å²) >= 11 is 0. The fourth-order valence-corrected chi connectivity index (χ4v) is 2.90. The van der Waals surface area contributed by atoms with Crippen LogP contribution in [0.3, 0.4) is 0 Å². The van der Waals surface area contributed by atoms with E-state index in [9.17, 15) is 4.79 Å². The third-order valence-corrected chi connectivity index (χ3v) is 4.38. The van der Waals surface area contributed by atoms with Gasteiger partial charge in [0.2, 0.25) is 0 Å². The van der Waals surface area contributed by atoms with Gasteiger partial charge in [-0.05, 0) is 45.2 Å². The van der Waals surface area contributed by atoms with Crippen molar-refractivity contribution in [3.63, 3.8) is 0 Å². The summed E-state index contributed by atoms with van der Waals surface area (Å²) in [6.07, 6.45) is 4.26. The summed E-state index contributed by atoms with van der Waals surface area (Å²) in [5, 5.41) is 10.2. The number of nitrogens with one attached hydrogen (secondary N) is 2. The van der Waals surface area contributed by atoms with Gasteiger partial charge in [-0.25, -0.2) is 4.98 Å². The molecule has 1 amide bonds. The minimum atomic E-state index is -0.109. The standard InChI is InChI=1S/C18H24N4O3/c1-12-16(13(2)25-22-12)4-3-8-19-18(23)14-5-6-17(20-10-14)21-15-7-9-24-11-15/h5-6,10,15H,3-4,7-9,11H2,1-2H3,(H,19,23)(H,20,21). The van der Waals surface area contributed by atoms with E-state index in [0.717, 1.165) is 48.7 Å². The molecular weight excluding hydrogens is 320 g/mol. The van der Waals surface area contributed by atoms with E-state index in [1.54, 1.807) is 12.3 Å². The van der Waals surface area contributed by atoms with Crippen molar-refractivity contribution in [2.45, 2.75) is 39.2 Å². The van der Waals surface area contributed by atoms with Crippen LogP contribution in [-0.4, -0.2) is 41.8 Å². The van der Waals surface area contributed by atoms with Gasteiger partial charge in [0.1, 0.15) is 11.6 Å². The highest BCUT2D eigenvalue weighted by Crippen LogP contribution is 2.14. The number of anilines is 1. The van der Waals surface area contributed by atoms with Crippen molar-refractivity contribution < 1.29 is 14.1 Å². The number of aromatic nitrogens is 2.